The van der Waals surface area contributed by atoms with E-state index in [4.69, 9.17) is 9.47 Å². The van der Waals surface area contributed by atoms with E-state index >= 15 is 0 Å². The number of hydrogen-bond donors (Lipinski definition) is 0. The van der Waals surface area contributed by atoms with Crippen molar-refractivity contribution in [2.45, 2.75) is 13.5 Å². The van der Waals surface area contributed by atoms with Gasteiger partial charge in [-0.25, -0.2) is 4.98 Å². The van der Waals surface area contributed by atoms with Crippen LogP contribution in [0.5, 0.6) is 11.6 Å². The van der Waals surface area contributed by atoms with Crippen molar-refractivity contribution in [3.8, 4) is 11.6 Å². The second-order valence-electron chi connectivity index (χ2n) is 3.89. The Balaban J connectivity index is 2.04. The molecule has 4 heteroatoms. The minimum absolute atomic E-state index is 0.512. The van der Waals surface area contributed by atoms with Crippen LogP contribution in [0.15, 0.2) is 36.4 Å². The molecule has 0 spiro atoms. The van der Waals surface area contributed by atoms with E-state index in [1.807, 2.05) is 43.3 Å². The number of aromatic nitrogens is 1. The van der Waals surface area contributed by atoms with Crippen molar-refractivity contribution in [2.75, 3.05) is 7.11 Å². The van der Waals surface area contributed by atoms with E-state index in [9.17, 15) is 0 Å². The third-order valence-corrected chi connectivity index (χ3v) is 3.15. The Hall–Kier alpha value is -1.30. The molecule has 0 aliphatic heterocycles. The fourth-order valence-electron chi connectivity index (χ4n) is 1.51. The summed E-state index contributed by atoms with van der Waals surface area (Å²) in [5.41, 5.74) is 2.14. The van der Waals surface area contributed by atoms with Crippen LogP contribution in [-0.2, 0) is 6.61 Å². The Bertz CT molecular complexity index is 526. The molecule has 94 valence electrons. The van der Waals surface area contributed by atoms with Crippen LogP contribution in [0.1, 0.15) is 11.1 Å². The van der Waals surface area contributed by atoms with Gasteiger partial charge in [0.15, 0.2) is 0 Å². The summed E-state index contributed by atoms with van der Waals surface area (Å²) in [5.74, 6) is 1.54. The van der Waals surface area contributed by atoms with E-state index in [2.05, 4.69) is 27.6 Å². The van der Waals surface area contributed by atoms with Crippen molar-refractivity contribution in [3.63, 3.8) is 0 Å². The number of hydrogen-bond acceptors (Lipinski definition) is 3. The summed E-state index contributed by atoms with van der Waals surface area (Å²) in [5, 5.41) is 0. The molecule has 0 aliphatic carbocycles. The first-order valence-electron chi connectivity index (χ1n) is 5.58. The van der Waals surface area contributed by atoms with Crippen LogP contribution in [0.2, 0.25) is 0 Å². The van der Waals surface area contributed by atoms with Crippen molar-refractivity contribution in [1.29, 1.82) is 0 Å². The SMILES string of the molecule is COc1ccc(COc2nc(I)ccc2C)cc1. The number of methoxy groups -OCH3 is 1. The van der Waals surface area contributed by atoms with E-state index in [0.29, 0.717) is 12.5 Å². The summed E-state index contributed by atoms with van der Waals surface area (Å²) in [6.07, 6.45) is 0. The molecule has 0 amide bonds. The highest BCUT2D eigenvalue weighted by atomic mass is 127. The molecule has 0 atom stereocenters. The zero-order valence-electron chi connectivity index (χ0n) is 10.3. The molecule has 0 saturated heterocycles. The molecular weight excluding hydrogens is 341 g/mol. The molecule has 0 aliphatic rings. The van der Waals surface area contributed by atoms with Gasteiger partial charge >= 0.3 is 0 Å². The van der Waals surface area contributed by atoms with Crippen LogP contribution in [0.4, 0.5) is 0 Å². The predicted molar refractivity (Wildman–Crippen MR) is 79.0 cm³/mol. The van der Waals surface area contributed by atoms with Gasteiger partial charge in [-0.1, -0.05) is 18.2 Å². The molecule has 2 rings (SSSR count). The summed E-state index contributed by atoms with van der Waals surface area (Å²) in [6, 6.07) is 11.8. The van der Waals surface area contributed by atoms with E-state index in [1.165, 1.54) is 0 Å². The van der Waals surface area contributed by atoms with Gasteiger partial charge in [-0.15, -0.1) is 0 Å². The maximum atomic E-state index is 5.72. The number of halogens is 1. The van der Waals surface area contributed by atoms with Gasteiger partial charge in [-0.2, -0.15) is 0 Å². The monoisotopic (exact) mass is 355 g/mol. The lowest BCUT2D eigenvalue weighted by atomic mass is 10.2. The molecule has 0 fully saturated rings. The molecule has 0 saturated carbocycles. The first kappa shape index (κ1) is 13.1. The van der Waals surface area contributed by atoms with Gasteiger partial charge in [-0.05, 0) is 53.3 Å². The van der Waals surface area contributed by atoms with Crippen molar-refractivity contribution in [1.82, 2.24) is 4.98 Å². The van der Waals surface area contributed by atoms with Gasteiger partial charge in [0.25, 0.3) is 0 Å². The van der Waals surface area contributed by atoms with Crippen molar-refractivity contribution >= 4 is 22.6 Å². The lowest BCUT2D eigenvalue weighted by molar-refractivity contribution is 0.291. The average molecular weight is 355 g/mol. The number of ether oxygens (including phenoxy) is 2. The Kier molecular flexibility index (Phi) is 4.41. The largest absolute Gasteiger partial charge is 0.497 e. The Labute approximate surface area is 120 Å². The van der Waals surface area contributed by atoms with Gasteiger partial charge < -0.3 is 9.47 Å². The molecule has 0 N–H and O–H groups in total. The number of pyridine rings is 1. The standard InChI is InChI=1S/C14H14INO2/c1-10-3-8-13(15)16-14(10)18-9-11-4-6-12(17-2)7-5-11/h3-8H,9H2,1-2H3. The van der Waals surface area contributed by atoms with Crippen LogP contribution in [-0.4, -0.2) is 12.1 Å². The first-order valence-corrected chi connectivity index (χ1v) is 6.66. The molecule has 1 aromatic heterocycles. The summed E-state index contributed by atoms with van der Waals surface area (Å²) in [7, 11) is 1.66. The van der Waals surface area contributed by atoms with Gasteiger partial charge in [-0.3, -0.25) is 0 Å². The number of nitrogens with zero attached hydrogens (tertiary/aromatic N) is 1. The fraction of sp³-hybridized carbons (Fsp3) is 0.214. The minimum Gasteiger partial charge on any atom is -0.497 e. The van der Waals surface area contributed by atoms with Crippen LogP contribution in [0.3, 0.4) is 0 Å². The van der Waals surface area contributed by atoms with Crippen molar-refractivity contribution < 1.29 is 9.47 Å². The lowest BCUT2D eigenvalue weighted by Gasteiger charge is -2.08. The predicted octanol–water partition coefficient (Wildman–Crippen LogP) is 3.58. The van der Waals surface area contributed by atoms with Crippen LogP contribution in [0.25, 0.3) is 0 Å². The third kappa shape index (κ3) is 3.35. The van der Waals surface area contributed by atoms with Crippen molar-refractivity contribution in [2.24, 2.45) is 0 Å². The lowest BCUT2D eigenvalue weighted by Crippen LogP contribution is -2.00. The van der Waals surface area contributed by atoms with E-state index < -0.39 is 0 Å². The Morgan fingerprint density at radius 3 is 2.50 bits per heavy atom. The molecule has 0 radical (unpaired) electrons. The van der Waals surface area contributed by atoms with Crippen LogP contribution < -0.4 is 9.47 Å². The molecule has 2 aromatic rings. The van der Waals surface area contributed by atoms with Gasteiger partial charge in [0.05, 0.1) is 7.11 Å². The maximum Gasteiger partial charge on any atom is 0.217 e. The minimum atomic E-state index is 0.512. The molecule has 1 heterocycles. The first-order chi connectivity index (χ1) is 8.69. The second kappa shape index (κ2) is 6.04. The van der Waals surface area contributed by atoms with Crippen LogP contribution >= 0.6 is 22.6 Å². The van der Waals surface area contributed by atoms with Gasteiger partial charge in [0.2, 0.25) is 5.88 Å². The molecule has 18 heavy (non-hydrogen) atoms. The summed E-state index contributed by atoms with van der Waals surface area (Å²) in [4.78, 5) is 4.36. The van der Waals surface area contributed by atoms with Crippen LogP contribution in [0, 0.1) is 10.6 Å². The van der Waals surface area contributed by atoms with Gasteiger partial charge in [0, 0.05) is 5.56 Å². The topological polar surface area (TPSA) is 31.4 Å². The Morgan fingerprint density at radius 2 is 1.83 bits per heavy atom. The van der Waals surface area contributed by atoms with Crippen molar-refractivity contribution in [3.05, 3.63) is 51.2 Å². The average Bonchev–Trinajstić information content (AvgIpc) is 2.40. The number of aryl methyl sites for hydroxylation is 1. The summed E-state index contributed by atoms with van der Waals surface area (Å²) >= 11 is 2.18. The summed E-state index contributed by atoms with van der Waals surface area (Å²) < 4.78 is 11.8. The summed E-state index contributed by atoms with van der Waals surface area (Å²) in [6.45, 7) is 2.50. The fourth-order valence-corrected chi connectivity index (χ4v) is 1.91. The Morgan fingerprint density at radius 1 is 1.11 bits per heavy atom. The second-order valence-corrected chi connectivity index (χ2v) is 5.00. The molecule has 3 nitrogen and oxygen atoms in total. The third-order valence-electron chi connectivity index (χ3n) is 2.55. The zero-order chi connectivity index (χ0) is 13.0. The van der Waals surface area contributed by atoms with E-state index in [0.717, 1.165) is 20.6 Å². The molecule has 1 aromatic carbocycles. The van der Waals surface area contributed by atoms with E-state index in [1.54, 1.807) is 7.11 Å². The zero-order valence-corrected chi connectivity index (χ0v) is 12.5. The van der Waals surface area contributed by atoms with Gasteiger partial charge in [0.1, 0.15) is 16.1 Å². The normalized spacial score (nSPS) is 10.2. The number of rotatable bonds is 4. The molecular formula is C14H14INO2. The molecule has 0 bridgehead atoms. The van der Waals surface area contributed by atoms with E-state index in [-0.39, 0.29) is 0 Å². The molecule has 0 unspecified atom stereocenters. The highest BCUT2D eigenvalue weighted by Crippen LogP contribution is 2.18. The highest BCUT2D eigenvalue weighted by molar-refractivity contribution is 14.1. The smallest absolute Gasteiger partial charge is 0.217 e. The quantitative estimate of drug-likeness (QED) is 0.621. The maximum absolute atomic E-state index is 5.72. The number of benzene rings is 1. The highest BCUT2D eigenvalue weighted by Gasteiger charge is 2.03.